The number of anilines is 2. The van der Waals surface area contributed by atoms with Gasteiger partial charge in [-0.05, 0) is 17.7 Å². The lowest BCUT2D eigenvalue weighted by Gasteiger charge is -2.24. The van der Waals surface area contributed by atoms with Crippen molar-refractivity contribution >= 4 is 17.5 Å². The van der Waals surface area contributed by atoms with Crippen molar-refractivity contribution in [1.29, 1.82) is 0 Å². The molecule has 0 unspecified atom stereocenters. The molecule has 0 spiro atoms. The fraction of sp³-hybridized carbons (Fsp3) is 0.400. The van der Waals surface area contributed by atoms with Gasteiger partial charge in [-0.15, -0.1) is 0 Å². The molecule has 1 aromatic heterocycles. The highest BCUT2D eigenvalue weighted by molar-refractivity contribution is 5.90. The van der Waals surface area contributed by atoms with E-state index >= 15 is 0 Å². The second-order valence-corrected chi connectivity index (χ2v) is 7.15. The van der Waals surface area contributed by atoms with Gasteiger partial charge in [-0.25, -0.2) is 13.6 Å². The maximum Gasteiger partial charge on any atom is 0.414 e. The van der Waals surface area contributed by atoms with Gasteiger partial charge in [0.05, 0.1) is 18.8 Å². The number of amides is 1. The van der Waals surface area contributed by atoms with Crippen LogP contribution in [0.2, 0.25) is 0 Å². The standard InChI is InChI=1S/C20H23F2N5O3/c21-17-9-15(27-13-16(11-23)30-20(27)28)10-18(22)19(17)25-5-6-26(29-8-7-25)12-14-1-3-24-4-2-14/h1-4,9-10,16H,5-8,11-13,23H2/t16-/m0/s1. The number of halogens is 2. The highest BCUT2D eigenvalue weighted by atomic mass is 19.1. The number of carbonyl (C=O) groups excluding carboxylic acids is 1. The number of nitrogens with two attached hydrogens (primary N) is 1. The number of carbonyl (C=O) groups is 1. The minimum absolute atomic E-state index is 0.111. The molecule has 1 aromatic carbocycles. The van der Waals surface area contributed by atoms with Crippen LogP contribution in [0.25, 0.3) is 0 Å². The van der Waals surface area contributed by atoms with Gasteiger partial charge in [0.2, 0.25) is 0 Å². The lowest BCUT2D eigenvalue weighted by atomic mass is 10.2. The molecule has 2 aromatic rings. The van der Waals surface area contributed by atoms with Crippen LogP contribution in [0.15, 0.2) is 36.7 Å². The zero-order valence-corrected chi connectivity index (χ0v) is 16.3. The van der Waals surface area contributed by atoms with E-state index < -0.39 is 23.8 Å². The van der Waals surface area contributed by atoms with E-state index in [-0.39, 0.29) is 24.5 Å². The quantitative estimate of drug-likeness (QED) is 0.792. The number of hydrogen-bond donors (Lipinski definition) is 1. The fourth-order valence-corrected chi connectivity index (χ4v) is 3.59. The van der Waals surface area contributed by atoms with Gasteiger partial charge in [0.15, 0.2) is 11.6 Å². The molecule has 2 fully saturated rings. The van der Waals surface area contributed by atoms with E-state index in [1.807, 2.05) is 12.1 Å². The molecule has 0 saturated carbocycles. The molecule has 30 heavy (non-hydrogen) atoms. The number of cyclic esters (lactones) is 1. The molecule has 2 aliphatic rings. The van der Waals surface area contributed by atoms with Crippen LogP contribution in [-0.4, -0.2) is 61.6 Å². The van der Waals surface area contributed by atoms with Crippen LogP contribution < -0.4 is 15.5 Å². The molecule has 160 valence electrons. The molecule has 0 radical (unpaired) electrons. The molecule has 2 saturated heterocycles. The fourth-order valence-electron chi connectivity index (χ4n) is 3.59. The summed E-state index contributed by atoms with van der Waals surface area (Å²) in [6, 6.07) is 6.09. The first-order chi connectivity index (χ1) is 14.5. The molecule has 0 bridgehead atoms. The molecular formula is C20H23F2N5O3. The van der Waals surface area contributed by atoms with Gasteiger partial charge in [0.25, 0.3) is 0 Å². The molecule has 4 rings (SSSR count). The minimum Gasteiger partial charge on any atom is -0.443 e. The van der Waals surface area contributed by atoms with E-state index in [9.17, 15) is 13.6 Å². The summed E-state index contributed by atoms with van der Waals surface area (Å²) in [5, 5.41) is 1.77. The third kappa shape index (κ3) is 4.35. The first kappa shape index (κ1) is 20.5. The third-order valence-corrected chi connectivity index (χ3v) is 5.13. The minimum atomic E-state index is -0.739. The Kier molecular flexibility index (Phi) is 6.07. The van der Waals surface area contributed by atoms with Crippen molar-refractivity contribution < 1.29 is 23.1 Å². The van der Waals surface area contributed by atoms with Gasteiger partial charge in [-0.2, -0.15) is 5.06 Å². The molecule has 10 heteroatoms. The summed E-state index contributed by atoms with van der Waals surface area (Å²) >= 11 is 0. The van der Waals surface area contributed by atoms with Crippen molar-refractivity contribution in [2.45, 2.75) is 12.6 Å². The zero-order chi connectivity index (χ0) is 21.1. The number of nitrogens with zero attached hydrogens (tertiary/aromatic N) is 4. The van der Waals surface area contributed by atoms with Crippen molar-refractivity contribution in [3.05, 3.63) is 53.9 Å². The van der Waals surface area contributed by atoms with Crippen LogP contribution in [-0.2, 0) is 16.1 Å². The molecule has 3 heterocycles. The second-order valence-electron chi connectivity index (χ2n) is 7.15. The summed E-state index contributed by atoms with van der Waals surface area (Å²) in [4.78, 5) is 24.5. The largest absolute Gasteiger partial charge is 0.443 e. The van der Waals surface area contributed by atoms with Crippen molar-refractivity contribution in [3.8, 4) is 0 Å². The Labute approximate surface area is 172 Å². The topological polar surface area (TPSA) is 84.2 Å². The number of hydroxylamine groups is 2. The predicted octanol–water partition coefficient (Wildman–Crippen LogP) is 1.90. The molecule has 0 aliphatic carbocycles. The second kappa shape index (κ2) is 8.90. The Bertz CT molecular complexity index is 878. The number of hydrogen-bond acceptors (Lipinski definition) is 7. The van der Waals surface area contributed by atoms with Crippen LogP contribution in [0.4, 0.5) is 25.0 Å². The summed E-state index contributed by atoms with van der Waals surface area (Å²) in [5.41, 5.74) is 6.53. The van der Waals surface area contributed by atoms with Crippen molar-refractivity contribution in [3.63, 3.8) is 0 Å². The Morgan fingerprint density at radius 3 is 2.53 bits per heavy atom. The van der Waals surface area contributed by atoms with Gasteiger partial charge in [-0.1, -0.05) is 0 Å². The van der Waals surface area contributed by atoms with Crippen molar-refractivity contribution in [2.75, 3.05) is 49.1 Å². The van der Waals surface area contributed by atoms with E-state index in [0.717, 1.165) is 17.7 Å². The number of ether oxygens (including phenoxy) is 1. The van der Waals surface area contributed by atoms with Crippen LogP contribution in [0.5, 0.6) is 0 Å². The lowest BCUT2D eigenvalue weighted by molar-refractivity contribution is -0.154. The first-order valence-electron chi connectivity index (χ1n) is 9.74. The molecule has 1 amide bonds. The van der Waals surface area contributed by atoms with Gasteiger partial charge < -0.3 is 15.4 Å². The van der Waals surface area contributed by atoms with Gasteiger partial charge in [0.1, 0.15) is 11.8 Å². The Hall–Kier alpha value is -2.82. The summed E-state index contributed by atoms with van der Waals surface area (Å²) in [7, 11) is 0. The lowest BCUT2D eigenvalue weighted by Crippen LogP contribution is -2.32. The SMILES string of the molecule is NC[C@H]1CN(c2cc(F)c(N3CCON(Cc4ccncc4)CC3)c(F)c2)C(=O)O1. The predicted molar refractivity (Wildman–Crippen MR) is 106 cm³/mol. The average molecular weight is 419 g/mol. The Morgan fingerprint density at radius 1 is 1.13 bits per heavy atom. The van der Waals surface area contributed by atoms with Crippen molar-refractivity contribution in [1.82, 2.24) is 10.0 Å². The van der Waals surface area contributed by atoms with Gasteiger partial charge in [-0.3, -0.25) is 14.7 Å². The molecule has 1 atom stereocenters. The van der Waals surface area contributed by atoms with Gasteiger partial charge >= 0.3 is 6.09 Å². The monoisotopic (exact) mass is 419 g/mol. The smallest absolute Gasteiger partial charge is 0.414 e. The van der Waals surface area contributed by atoms with Crippen LogP contribution >= 0.6 is 0 Å². The molecule has 2 N–H and O–H groups in total. The summed E-state index contributed by atoms with van der Waals surface area (Å²) in [6.07, 6.45) is 2.26. The summed E-state index contributed by atoms with van der Waals surface area (Å²) < 4.78 is 34.8. The number of aromatic nitrogens is 1. The summed E-state index contributed by atoms with van der Waals surface area (Å²) in [5.74, 6) is -1.48. The van der Waals surface area contributed by atoms with Crippen LogP contribution in [0.1, 0.15) is 5.56 Å². The van der Waals surface area contributed by atoms with E-state index in [1.165, 1.54) is 4.90 Å². The van der Waals surface area contributed by atoms with Crippen molar-refractivity contribution in [2.24, 2.45) is 5.73 Å². The summed E-state index contributed by atoms with van der Waals surface area (Å²) in [6.45, 7) is 2.35. The Morgan fingerprint density at radius 2 is 1.87 bits per heavy atom. The zero-order valence-electron chi connectivity index (χ0n) is 16.3. The molecular weight excluding hydrogens is 396 g/mol. The highest BCUT2D eigenvalue weighted by Gasteiger charge is 2.33. The average Bonchev–Trinajstić information content (AvgIpc) is 2.97. The normalized spacial score (nSPS) is 20.4. The maximum atomic E-state index is 14.9. The first-order valence-corrected chi connectivity index (χ1v) is 9.74. The third-order valence-electron chi connectivity index (χ3n) is 5.13. The maximum absolute atomic E-state index is 14.9. The highest BCUT2D eigenvalue weighted by Crippen LogP contribution is 2.31. The molecule has 2 aliphatic heterocycles. The number of benzene rings is 1. The Balaban J connectivity index is 1.47. The number of rotatable bonds is 5. The van der Waals surface area contributed by atoms with E-state index in [1.54, 1.807) is 22.4 Å². The molecule has 8 nitrogen and oxygen atoms in total. The van der Waals surface area contributed by atoms with E-state index in [2.05, 4.69) is 4.98 Å². The van der Waals surface area contributed by atoms with E-state index in [4.69, 9.17) is 15.3 Å². The number of pyridine rings is 1. The van der Waals surface area contributed by atoms with Crippen LogP contribution in [0.3, 0.4) is 0 Å². The van der Waals surface area contributed by atoms with Crippen LogP contribution in [0, 0.1) is 11.6 Å². The van der Waals surface area contributed by atoms with E-state index in [0.29, 0.717) is 32.8 Å². The van der Waals surface area contributed by atoms with Gasteiger partial charge in [0, 0.05) is 57.3 Å².